The van der Waals surface area contributed by atoms with E-state index in [1.165, 1.54) is 6.07 Å². The Labute approximate surface area is 98.3 Å². The molecule has 0 saturated carbocycles. The molecule has 0 fully saturated rings. The van der Waals surface area contributed by atoms with E-state index in [1.807, 2.05) is 6.92 Å². The van der Waals surface area contributed by atoms with Crippen molar-refractivity contribution >= 4 is 27.3 Å². The van der Waals surface area contributed by atoms with Crippen molar-refractivity contribution in [2.24, 2.45) is 5.14 Å². The first-order chi connectivity index (χ1) is 7.36. The van der Waals surface area contributed by atoms with Gasteiger partial charge in [-0.25, -0.2) is 18.4 Å². The fourth-order valence-electron chi connectivity index (χ4n) is 1.11. The third-order valence-electron chi connectivity index (χ3n) is 1.82. The molecular weight excluding hydrogens is 250 g/mol. The molecule has 0 unspecified atom stereocenters. The van der Waals surface area contributed by atoms with Gasteiger partial charge in [0.2, 0.25) is 10.0 Å². The summed E-state index contributed by atoms with van der Waals surface area (Å²) in [7, 11) is -3.76. The van der Waals surface area contributed by atoms with Gasteiger partial charge in [0.05, 0.1) is 11.5 Å². The average molecular weight is 263 g/mol. The first-order valence-electron chi connectivity index (χ1n) is 4.66. The number of nitrogens with two attached hydrogens (primary N) is 1. The van der Waals surface area contributed by atoms with Crippen LogP contribution in [0.4, 0.5) is 0 Å². The molecule has 90 valence electrons. The highest BCUT2D eigenvalue weighted by molar-refractivity contribution is 7.89. The molecule has 1 heterocycles. The molecule has 0 amide bonds. The van der Waals surface area contributed by atoms with Gasteiger partial charge in [-0.1, -0.05) is 6.92 Å². The van der Waals surface area contributed by atoms with Gasteiger partial charge < -0.3 is 4.74 Å². The van der Waals surface area contributed by atoms with Gasteiger partial charge in [0.25, 0.3) is 0 Å². The van der Waals surface area contributed by atoms with Crippen LogP contribution in [0.1, 0.15) is 27.9 Å². The smallest absolute Gasteiger partial charge is 0.348 e. The lowest BCUT2D eigenvalue weighted by molar-refractivity contribution is 0.0510. The van der Waals surface area contributed by atoms with Gasteiger partial charge in [-0.3, -0.25) is 0 Å². The molecule has 0 saturated heterocycles. The largest absolute Gasteiger partial charge is 0.462 e. The lowest BCUT2D eigenvalue weighted by Crippen LogP contribution is -2.12. The highest BCUT2D eigenvalue weighted by Gasteiger charge is 2.19. The molecule has 0 aliphatic carbocycles. The average Bonchev–Trinajstić information content (AvgIpc) is 2.56. The van der Waals surface area contributed by atoms with Crippen LogP contribution in [0.25, 0.3) is 0 Å². The number of ether oxygens (including phenoxy) is 1. The van der Waals surface area contributed by atoms with E-state index in [1.54, 1.807) is 6.92 Å². The number of esters is 1. The molecule has 0 bridgehead atoms. The molecular formula is C9H13NO4S2. The van der Waals surface area contributed by atoms with Crippen molar-refractivity contribution in [3.63, 3.8) is 0 Å². The minimum atomic E-state index is -3.76. The summed E-state index contributed by atoms with van der Waals surface area (Å²) in [4.78, 5) is 12.2. The van der Waals surface area contributed by atoms with E-state index in [4.69, 9.17) is 9.88 Å². The molecule has 0 aliphatic heterocycles. The van der Waals surface area contributed by atoms with E-state index < -0.39 is 16.0 Å². The van der Waals surface area contributed by atoms with E-state index in [2.05, 4.69) is 0 Å². The van der Waals surface area contributed by atoms with Gasteiger partial charge in [-0.15, -0.1) is 11.3 Å². The summed E-state index contributed by atoms with van der Waals surface area (Å²) >= 11 is 1.07. The van der Waals surface area contributed by atoms with Crippen LogP contribution in [0.3, 0.4) is 0 Å². The summed E-state index contributed by atoms with van der Waals surface area (Å²) in [6.07, 6.45) is 0.720. The number of carbonyl (C=O) groups excluding carboxylic acids is 1. The summed E-state index contributed by atoms with van der Waals surface area (Å²) < 4.78 is 27.2. The van der Waals surface area contributed by atoms with Gasteiger partial charge in [0.15, 0.2) is 0 Å². The Bertz CT molecular complexity index is 490. The Balaban J connectivity index is 2.98. The molecule has 0 radical (unpaired) electrons. The number of thiophene rings is 1. The fourth-order valence-corrected chi connectivity index (χ4v) is 3.15. The summed E-state index contributed by atoms with van der Waals surface area (Å²) in [5.41, 5.74) is 0. The minimum Gasteiger partial charge on any atom is -0.462 e. The molecule has 5 nitrogen and oxygen atoms in total. The van der Waals surface area contributed by atoms with Crippen LogP contribution in [-0.4, -0.2) is 21.0 Å². The summed E-state index contributed by atoms with van der Waals surface area (Å²) in [5.74, 6) is -0.509. The van der Waals surface area contributed by atoms with Gasteiger partial charge in [0, 0.05) is 4.88 Å². The van der Waals surface area contributed by atoms with Gasteiger partial charge in [-0.2, -0.15) is 0 Å². The first kappa shape index (κ1) is 13.1. The zero-order valence-electron chi connectivity index (χ0n) is 9.02. The van der Waals surface area contributed by atoms with Gasteiger partial charge >= 0.3 is 5.97 Å². The van der Waals surface area contributed by atoms with E-state index in [0.29, 0.717) is 11.5 Å². The highest BCUT2D eigenvalue weighted by atomic mass is 32.2. The summed E-state index contributed by atoms with van der Waals surface area (Å²) in [6.45, 7) is 3.80. The monoisotopic (exact) mass is 263 g/mol. The molecule has 1 rings (SSSR count). The second kappa shape index (κ2) is 4.94. The second-order valence-electron chi connectivity index (χ2n) is 3.21. The number of sulfonamides is 1. The van der Waals surface area contributed by atoms with Crippen LogP contribution in [0, 0.1) is 6.92 Å². The second-order valence-corrected chi connectivity index (χ2v) is 6.00. The molecule has 0 aromatic carbocycles. The van der Waals surface area contributed by atoms with Crippen molar-refractivity contribution in [3.05, 3.63) is 15.8 Å². The van der Waals surface area contributed by atoms with Crippen LogP contribution in [0.2, 0.25) is 0 Å². The van der Waals surface area contributed by atoms with Crippen LogP contribution in [-0.2, 0) is 14.8 Å². The first-order valence-corrected chi connectivity index (χ1v) is 7.03. The lowest BCUT2D eigenvalue weighted by atomic mass is 10.4. The predicted molar refractivity (Wildman–Crippen MR) is 61.0 cm³/mol. The molecule has 7 heteroatoms. The summed E-state index contributed by atoms with van der Waals surface area (Å²) in [6, 6.07) is 1.26. The van der Waals surface area contributed by atoms with E-state index in [-0.39, 0.29) is 9.77 Å². The third-order valence-corrected chi connectivity index (χ3v) is 4.01. The van der Waals surface area contributed by atoms with E-state index in [0.717, 1.165) is 17.8 Å². The fraction of sp³-hybridized carbons (Fsp3) is 0.444. The Morgan fingerprint density at radius 2 is 2.19 bits per heavy atom. The number of hydrogen-bond donors (Lipinski definition) is 1. The van der Waals surface area contributed by atoms with Crippen molar-refractivity contribution in [3.8, 4) is 0 Å². The molecule has 0 aliphatic rings. The maximum absolute atomic E-state index is 11.4. The number of hydrogen-bond acceptors (Lipinski definition) is 5. The van der Waals surface area contributed by atoms with E-state index in [9.17, 15) is 13.2 Å². The van der Waals surface area contributed by atoms with Crippen molar-refractivity contribution in [2.45, 2.75) is 25.2 Å². The Morgan fingerprint density at radius 3 is 2.62 bits per heavy atom. The molecule has 16 heavy (non-hydrogen) atoms. The van der Waals surface area contributed by atoms with Crippen LogP contribution >= 0.6 is 11.3 Å². The number of carbonyl (C=O) groups is 1. The SMILES string of the molecule is CCCOC(=O)c1cc(S(N)(=O)=O)c(C)s1. The molecule has 2 N–H and O–H groups in total. The van der Waals surface area contributed by atoms with E-state index >= 15 is 0 Å². The van der Waals surface area contributed by atoms with Crippen molar-refractivity contribution in [1.82, 2.24) is 0 Å². The quantitative estimate of drug-likeness (QED) is 0.829. The van der Waals surface area contributed by atoms with Gasteiger partial charge in [-0.05, 0) is 19.4 Å². The molecule has 0 atom stereocenters. The zero-order valence-corrected chi connectivity index (χ0v) is 10.7. The number of primary sulfonamides is 1. The van der Waals surface area contributed by atoms with Crippen LogP contribution in [0.5, 0.6) is 0 Å². The summed E-state index contributed by atoms with van der Waals surface area (Å²) in [5, 5.41) is 5.00. The lowest BCUT2D eigenvalue weighted by Gasteiger charge is -1.98. The standard InChI is InChI=1S/C9H13NO4S2/c1-3-4-14-9(11)7-5-8(6(2)15-7)16(10,12)13/h5H,3-4H2,1-2H3,(H2,10,12,13). The maximum Gasteiger partial charge on any atom is 0.348 e. The topological polar surface area (TPSA) is 86.5 Å². The third kappa shape index (κ3) is 3.03. The molecule has 1 aromatic rings. The van der Waals surface area contributed by atoms with Crippen molar-refractivity contribution in [1.29, 1.82) is 0 Å². The molecule has 0 spiro atoms. The highest BCUT2D eigenvalue weighted by Crippen LogP contribution is 2.25. The number of rotatable bonds is 4. The zero-order chi connectivity index (χ0) is 12.3. The van der Waals surface area contributed by atoms with Gasteiger partial charge in [0.1, 0.15) is 4.88 Å². The van der Waals surface area contributed by atoms with Crippen LogP contribution < -0.4 is 5.14 Å². The van der Waals surface area contributed by atoms with Crippen LogP contribution in [0.15, 0.2) is 11.0 Å². The Hall–Kier alpha value is -0.920. The van der Waals surface area contributed by atoms with Crippen molar-refractivity contribution in [2.75, 3.05) is 6.61 Å². The predicted octanol–water partition coefficient (Wildman–Crippen LogP) is 1.27. The Morgan fingerprint density at radius 1 is 1.56 bits per heavy atom. The molecule has 1 aromatic heterocycles. The number of aryl methyl sites for hydroxylation is 1. The Kier molecular flexibility index (Phi) is 4.06. The maximum atomic E-state index is 11.4. The minimum absolute atomic E-state index is 0.0130. The van der Waals surface area contributed by atoms with Crippen molar-refractivity contribution < 1.29 is 17.9 Å². The normalized spacial score (nSPS) is 11.4.